The second-order valence-corrected chi connectivity index (χ2v) is 12.2. The summed E-state index contributed by atoms with van der Waals surface area (Å²) >= 11 is 0. The zero-order valence-corrected chi connectivity index (χ0v) is 24.8. The monoisotopic (exact) mass is 569 g/mol. The Morgan fingerprint density at radius 2 is 1.73 bits per heavy atom. The van der Waals surface area contributed by atoms with Gasteiger partial charge in [-0.25, -0.2) is 8.78 Å². The molecular weight excluding hydrogens is 528 g/mol. The minimum atomic E-state index is -0.898. The predicted molar refractivity (Wildman–Crippen MR) is 156 cm³/mol. The molecule has 0 aliphatic carbocycles. The lowest BCUT2D eigenvalue weighted by Crippen LogP contribution is -2.38. The molecule has 1 aromatic carbocycles. The highest BCUT2D eigenvalue weighted by Crippen LogP contribution is 2.39. The van der Waals surface area contributed by atoms with Gasteiger partial charge in [0.1, 0.15) is 17.4 Å². The van der Waals surface area contributed by atoms with E-state index in [1.807, 2.05) is 13.0 Å². The molecule has 0 atom stereocenters. The number of carboxylic acid groups (broad SMARTS) is 1. The van der Waals surface area contributed by atoms with Crippen molar-refractivity contribution in [3.8, 4) is 17.0 Å². The Morgan fingerprint density at radius 1 is 1.07 bits per heavy atom. The van der Waals surface area contributed by atoms with Gasteiger partial charge in [-0.15, -0.1) is 0 Å². The number of aliphatic hydroxyl groups is 1. The molecule has 3 heterocycles. The first kappa shape index (κ1) is 31.9. The Bertz CT molecular complexity index is 1320. The Balaban J connectivity index is 0.000000850. The average Bonchev–Trinajstić information content (AvgIpc) is 2.86. The number of rotatable bonds is 8. The molecule has 3 aromatic rings. The van der Waals surface area contributed by atoms with Crippen LogP contribution in [0.5, 0.6) is 5.75 Å². The Kier molecular flexibility index (Phi) is 10.4. The summed E-state index contributed by atoms with van der Waals surface area (Å²) in [5, 5.41) is 18.1. The summed E-state index contributed by atoms with van der Waals surface area (Å²) in [6.07, 6.45) is 5.56. The topological polar surface area (TPSA) is 95.8 Å². The van der Waals surface area contributed by atoms with Crippen molar-refractivity contribution in [3.63, 3.8) is 0 Å². The minimum absolute atomic E-state index is 0.108. The molecule has 1 fully saturated rings. The summed E-state index contributed by atoms with van der Waals surface area (Å²) in [7, 11) is 0. The van der Waals surface area contributed by atoms with Crippen LogP contribution in [0, 0.1) is 24.0 Å². The average molecular weight is 570 g/mol. The number of nitrogens with zero attached hydrogens (tertiary/aromatic N) is 3. The van der Waals surface area contributed by atoms with Crippen molar-refractivity contribution in [2.24, 2.45) is 5.41 Å². The number of hydrogen-bond donors (Lipinski definition) is 2. The molecule has 0 amide bonds. The van der Waals surface area contributed by atoms with E-state index in [1.54, 1.807) is 39.2 Å². The first-order valence-electron chi connectivity index (χ1n) is 13.8. The highest BCUT2D eigenvalue weighted by molar-refractivity contribution is 5.83. The van der Waals surface area contributed by atoms with Crippen LogP contribution in [0.4, 0.5) is 14.5 Å². The lowest BCUT2D eigenvalue weighted by atomic mass is 9.82. The molecule has 9 heteroatoms. The van der Waals surface area contributed by atoms with Gasteiger partial charge in [0.15, 0.2) is 0 Å². The number of hydrogen-bond acceptors (Lipinski definition) is 6. The van der Waals surface area contributed by atoms with Crippen LogP contribution in [0.25, 0.3) is 11.3 Å². The lowest BCUT2D eigenvalue weighted by molar-refractivity contribution is -0.136. The third-order valence-corrected chi connectivity index (χ3v) is 6.79. The third-order valence-electron chi connectivity index (χ3n) is 6.79. The molecule has 0 radical (unpaired) electrons. The van der Waals surface area contributed by atoms with Gasteiger partial charge in [-0.1, -0.05) is 19.9 Å². The number of aromatic nitrogens is 2. The minimum Gasteiger partial charge on any atom is -0.492 e. The SMILES string of the molecule is CC(C)(C)O.Cc1ncc(-c2ccc(OCCc3ccc(F)cc3F)cn2)c(N2CCC(C)(C)CC2)c1CC(=O)O. The number of carboxylic acids is 1. The zero-order valence-electron chi connectivity index (χ0n) is 24.8. The highest BCUT2D eigenvalue weighted by atomic mass is 19.1. The van der Waals surface area contributed by atoms with Crippen LogP contribution < -0.4 is 9.64 Å². The van der Waals surface area contributed by atoms with Crippen molar-refractivity contribution in [2.45, 2.75) is 72.8 Å². The van der Waals surface area contributed by atoms with E-state index in [0.717, 1.165) is 43.2 Å². The number of aryl methyl sites for hydroxylation is 1. The van der Waals surface area contributed by atoms with Gasteiger partial charge in [0.2, 0.25) is 0 Å². The first-order chi connectivity index (χ1) is 19.1. The molecule has 1 saturated heterocycles. The molecule has 0 unspecified atom stereocenters. The summed E-state index contributed by atoms with van der Waals surface area (Å²) in [6.45, 7) is 13.5. The van der Waals surface area contributed by atoms with Crippen molar-refractivity contribution in [3.05, 3.63) is 71.2 Å². The largest absolute Gasteiger partial charge is 0.492 e. The maximum atomic E-state index is 13.8. The molecule has 1 aliphatic rings. The number of aliphatic carboxylic acids is 1. The summed E-state index contributed by atoms with van der Waals surface area (Å²) in [5.41, 5.74) is 3.89. The van der Waals surface area contributed by atoms with Gasteiger partial charge in [0.25, 0.3) is 0 Å². The van der Waals surface area contributed by atoms with Crippen molar-refractivity contribution >= 4 is 11.7 Å². The molecule has 4 rings (SSSR count). The number of carbonyl (C=O) groups is 1. The Labute approximate surface area is 241 Å². The van der Waals surface area contributed by atoms with Gasteiger partial charge >= 0.3 is 5.97 Å². The van der Waals surface area contributed by atoms with Crippen LogP contribution in [0.2, 0.25) is 0 Å². The van der Waals surface area contributed by atoms with Crippen molar-refractivity contribution in [1.82, 2.24) is 9.97 Å². The van der Waals surface area contributed by atoms with Crippen LogP contribution in [0.1, 0.15) is 64.3 Å². The summed E-state index contributed by atoms with van der Waals surface area (Å²) in [6, 6.07) is 7.10. The molecule has 41 heavy (non-hydrogen) atoms. The number of piperidine rings is 1. The van der Waals surface area contributed by atoms with Crippen molar-refractivity contribution in [2.75, 3.05) is 24.6 Å². The van der Waals surface area contributed by atoms with E-state index in [2.05, 4.69) is 28.7 Å². The molecule has 7 nitrogen and oxygen atoms in total. The maximum Gasteiger partial charge on any atom is 0.307 e. The predicted octanol–water partition coefficient (Wildman–Crippen LogP) is 6.38. The van der Waals surface area contributed by atoms with Gasteiger partial charge < -0.3 is 19.8 Å². The van der Waals surface area contributed by atoms with Crippen LogP contribution in [0.15, 0.2) is 42.7 Å². The normalized spacial score (nSPS) is 14.7. The number of ether oxygens (including phenoxy) is 1. The summed E-state index contributed by atoms with van der Waals surface area (Å²) < 4.78 is 32.6. The number of anilines is 1. The van der Waals surface area contributed by atoms with Gasteiger partial charge in [0.05, 0.1) is 36.2 Å². The van der Waals surface area contributed by atoms with E-state index in [-0.39, 0.29) is 18.4 Å². The molecule has 0 bridgehead atoms. The van der Waals surface area contributed by atoms with E-state index in [9.17, 15) is 18.7 Å². The van der Waals surface area contributed by atoms with Gasteiger partial charge in [-0.2, -0.15) is 0 Å². The second-order valence-electron chi connectivity index (χ2n) is 12.2. The fourth-order valence-electron chi connectivity index (χ4n) is 4.51. The van der Waals surface area contributed by atoms with E-state index >= 15 is 0 Å². The van der Waals surface area contributed by atoms with Crippen LogP contribution in [-0.2, 0) is 17.6 Å². The first-order valence-corrected chi connectivity index (χ1v) is 13.8. The summed E-state index contributed by atoms with van der Waals surface area (Å²) in [5.74, 6) is -1.58. The van der Waals surface area contributed by atoms with Crippen LogP contribution in [0.3, 0.4) is 0 Å². The molecule has 2 N–H and O–H groups in total. The Morgan fingerprint density at radius 3 is 2.29 bits per heavy atom. The van der Waals surface area contributed by atoms with E-state index < -0.39 is 23.2 Å². The molecule has 1 aliphatic heterocycles. The van der Waals surface area contributed by atoms with Crippen molar-refractivity contribution < 1.29 is 28.5 Å². The maximum absolute atomic E-state index is 13.8. The number of pyridine rings is 2. The smallest absolute Gasteiger partial charge is 0.307 e. The molecule has 0 saturated carbocycles. The second kappa shape index (κ2) is 13.4. The van der Waals surface area contributed by atoms with Crippen LogP contribution >= 0.6 is 0 Å². The quantitative estimate of drug-likeness (QED) is 0.325. The van der Waals surface area contributed by atoms with Crippen LogP contribution in [-0.4, -0.2) is 51.4 Å². The van der Waals surface area contributed by atoms with Gasteiger partial charge in [0, 0.05) is 48.6 Å². The van der Waals surface area contributed by atoms with Gasteiger partial charge in [-0.05, 0) is 69.7 Å². The van der Waals surface area contributed by atoms with Gasteiger partial charge in [-0.3, -0.25) is 14.8 Å². The third kappa shape index (κ3) is 9.78. The highest BCUT2D eigenvalue weighted by Gasteiger charge is 2.29. The molecule has 0 spiro atoms. The summed E-state index contributed by atoms with van der Waals surface area (Å²) in [4.78, 5) is 23.0. The fourth-order valence-corrected chi connectivity index (χ4v) is 4.51. The van der Waals surface area contributed by atoms with E-state index in [4.69, 9.17) is 9.84 Å². The standard InChI is InChI=1S/C28H31F2N3O3.C4H10O/c1-18-22(15-26(34)35)27(33-11-9-28(2,3)10-12-33)23(17-31-18)25-7-6-21(16-32-25)36-13-8-19-4-5-20(29)14-24(19)30;1-4(2,3)5/h4-7,14,16-17H,8-13,15H2,1-3H3,(H,34,35);5H,1-3H3. The van der Waals surface area contributed by atoms with E-state index in [0.29, 0.717) is 34.7 Å². The Hall–Kier alpha value is -3.59. The number of benzene rings is 1. The lowest BCUT2D eigenvalue weighted by Gasteiger charge is -2.40. The molecular formula is C32H41F2N3O4. The van der Waals surface area contributed by atoms with Crippen molar-refractivity contribution in [1.29, 1.82) is 0 Å². The van der Waals surface area contributed by atoms with E-state index in [1.165, 1.54) is 12.1 Å². The fraction of sp³-hybridized carbons (Fsp3) is 0.469. The number of halogens is 2. The zero-order chi connectivity index (χ0) is 30.4. The molecule has 2 aromatic heterocycles. The molecule has 222 valence electrons.